The predicted molar refractivity (Wildman–Crippen MR) is 135 cm³/mol. The van der Waals surface area contributed by atoms with Crippen molar-refractivity contribution < 1.29 is 29.0 Å². The SMILES string of the molecule is CC(SCc1ccccc1)C(=O)NC(CC(=O)O)C(=O)COC(=O)Cc1cccc2ccccc12. The van der Waals surface area contributed by atoms with E-state index in [1.807, 2.05) is 72.8 Å². The minimum Gasteiger partial charge on any atom is -0.481 e. The molecule has 3 aromatic rings. The number of carboxylic acid groups (broad SMARTS) is 1. The molecule has 0 aliphatic heterocycles. The maximum absolute atomic E-state index is 12.6. The molecule has 0 heterocycles. The predicted octanol–water partition coefficient (Wildman–Crippen LogP) is 3.78. The number of Topliss-reactive ketones (excluding diaryl/α,β-unsaturated/α-hetero) is 1. The van der Waals surface area contributed by atoms with Gasteiger partial charge in [0.15, 0.2) is 12.4 Å². The van der Waals surface area contributed by atoms with Crippen LogP contribution in [0.3, 0.4) is 0 Å². The normalized spacial score (nSPS) is 12.5. The van der Waals surface area contributed by atoms with Crippen molar-refractivity contribution in [3.8, 4) is 0 Å². The summed E-state index contributed by atoms with van der Waals surface area (Å²) in [7, 11) is 0. The van der Waals surface area contributed by atoms with Crippen LogP contribution in [0.15, 0.2) is 72.8 Å². The van der Waals surface area contributed by atoms with Gasteiger partial charge in [-0.3, -0.25) is 19.2 Å². The third-order valence-electron chi connectivity index (χ3n) is 5.39. The molecule has 0 spiro atoms. The first-order chi connectivity index (χ1) is 16.8. The molecule has 1 amide bonds. The quantitative estimate of drug-likeness (QED) is 0.370. The molecule has 2 N–H and O–H groups in total. The van der Waals surface area contributed by atoms with Crippen LogP contribution in [0.4, 0.5) is 0 Å². The van der Waals surface area contributed by atoms with E-state index in [1.54, 1.807) is 6.92 Å². The zero-order chi connectivity index (χ0) is 25.2. The molecular formula is C27H27NO6S. The summed E-state index contributed by atoms with van der Waals surface area (Å²) < 4.78 is 5.13. The zero-order valence-corrected chi connectivity index (χ0v) is 20.1. The number of ether oxygens (including phenoxy) is 1. The highest BCUT2D eigenvalue weighted by atomic mass is 32.2. The number of carboxylic acids is 1. The first kappa shape index (κ1) is 26.0. The number of benzene rings is 3. The number of carbonyl (C=O) groups is 4. The number of ketones is 1. The number of hydrogen-bond donors (Lipinski definition) is 2. The Balaban J connectivity index is 1.54. The molecular weight excluding hydrogens is 466 g/mol. The number of hydrogen-bond acceptors (Lipinski definition) is 6. The van der Waals surface area contributed by atoms with Gasteiger partial charge in [0.05, 0.1) is 18.1 Å². The van der Waals surface area contributed by atoms with Crippen molar-refractivity contribution in [1.29, 1.82) is 0 Å². The van der Waals surface area contributed by atoms with Crippen molar-refractivity contribution in [2.75, 3.05) is 6.61 Å². The van der Waals surface area contributed by atoms with Crippen molar-refractivity contribution in [1.82, 2.24) is 5.32 Å². The second-order valence-electron chi connectivity index (χ2n) is 8.04. The number of esters is 1. The van der Waals surface area contributed by atoms with E-state index in [-0.39, 0.29) is 6.42 Å². The molecule has 0 radical (unpaired) electrons. The van der Waals surface area contributed by atoms with E-state index in [2.05, 4.69) is 5.32 Å². The Bertz CT molecular complexity index is 1190. The summed E-state index contributed by atoms with van der Waals surface area (Å²) in [6.45, 7) is 1.07. The molecule has 0 aromatic heterocycles. The third kappa shape index (κ3) is 7.96. The molecule has 0 aliphatic rings. The monoisotopic (exact) mass is 493 g/mol. The number of rotatable bonds is 12. The van der Waals surface area contributed by atoms with Crippen LogP contribution < -0.4 is 5.32 Å². The van der Waals surface area contributed by atoms with Crippen LogP contribution >= 0.6 is 11.8 Å². The van der Waals surface area contributed by atoms with Gasteiger partial charge in [-0.05, 0) is 28.8 Å². The van der Waals surface area contributed by atoms with Gasteiger partial charge in [-0.2, -0.15) is 0 Å². The summed E-state index contributed by atoms with van der Waals surface area (Å²) in [5.74, 6) is -2.38. The molecule has 2 atom stereocenters. The molecule has 182 valence electrons. The second-order valence-corrected chi connectivity index (χ2v) is 9.37. The molecule has 0 bridgehead atoms. The van der Waals surface area contributed by atoms with Gasteiger partial charge in [0.2, 0.25) is 5.91 Å². The fourth-order valence-electron chi connectivity index (χ4n) is 3.49. The maximum atomic E-state index is 12.6. The average molecular weight is 494 g/mol. The highest BCUT2D eigenvalue weighted by Crippen LogP contribution is 2.20. The lowest BCUT2D eigenvalue weighted by Gasteiger charge is -2.19. The fraction of sp³-hybridized carbons (Fsp3) is 0.259. The summed E-state index contributed by atoms with van der Waals surface area (Å²) in [5, 5.41) is 13.1. The highest BCUT2D eigenvalue weighted by Gasteiger charge is 2.27. The summed E-state index contributed by atoms with van der Waals surface area (Å²) in [4.78, 5) is 48.8. The molecule has 0 saturated carbocycles. The van der Waals surface area contributed by atoms with Gasteiger partial charge >= 0.3 is 11.9 Å². The molecule has 0 fully saturated rings. The Morgan fingerprint density at radius 1 is 0.943 bits per heavy atom. The summed E-state index contributed by atoms with van der Waals surface area (Å²) >= 11 is 1.37. The van der Waals surface area contributed by atoms with Crippen LogP contribution in [0, 0.1) is 0 Å². The molecule has 7 nitrogen and oxygen atoms in total. The van der Waals surface area contributed by atoms with Crippen LogP contribution in [-0.2, 0) is 36.1 Å². The largest absolute Gasteiger partial charge is 0.481 e. The summed E-state index contributed by atoms with van der Waals surface area (Å²) in [6.07, 6.45) is -0.626. The Kier molecular flexibility index (Phi) is 9.43. The maximum Gasteiger partial charge on any atom is 0.310 e. The van der Waals surface area contributed by atoms with Crippen LogP contribution in [-0.4, -0.2) is 46.6 Å². The topological polar surface area (TPSA) is 110 Å². The van der Waals surface area contributed by atoms with Crippen molar-refractivity contribution in [2.24, 2.45) is 0 Å². The zero-order valence-electron chi connectivity index (χ0n) is 19.3. The molecule has 35 heavy (non-hydrogen) atoms. The smallest absolute Gasteiger partial charge is 0.310 e. The molecule has 3 rings (SSSR count). The van der Waals surface area contributed by atoms with Crippen molar-refractivity contribution >= 4 is 46.2 Å². The Labute approximate surface area is 207 Å². The van der Waals surface area contributed by atoms with Crippen LogP contribution in [0.1, 0.15) is 24.5 Å². The van der Waals surface area contributed by atoms with E-state index in [0.29, 0.717) is 5.75 Å². The number of aliphatic carboxylic acids is 1. The van der Waals surface area contributed by atoms with Gasteiger partial charge in [-0.1, -0.05) is 72.8 Å². The van der Waals surface area contributed by atoms with Crippen molar-refractivity contribution in [3.05, 3.63) is 83.9 Å². The summed E-state index contributed by atoms with van der Waals surface area (Å²) in [6, 6.07) is 21.5. The highest BCUT2D eigenvalue weighted by molar-refractivity contribution is 7.99. The Morgan fingerprint density at radius 2 is 1.63 bits per heavy atom. The van der Waals surface area contributed by atoms with E-state index < -0.39 is 47.9 Å². The molecule has 0 saturated heterocycles. The molecule has 3 aromatic carbocycles. The average Bonchev–Trinajstić information content (AvgIpc) is 2.86. The number of thioether (sulfide) groups is 1. The van der Waals surface area contributed by atoms with Crippen LogP contribution in [0.25, 0.3) is 10.8 Å². The standard InChI is InChI=1S/C27H27NO6S/c1-18(35-17-19-8-3-2-4-9-19)27(33)28-23(15-25(30)31)24(29)16-34-26(32)14-21-12-7-11-20-10-5-6-13-22(20)21/h2-13,18,23H,14-17H2,1H3,(H,28,33)(H,30,31). The number of fused-ring (bicyclic) bond motifs is 1. The van der Waals surface area contributed by atoms with E-state index >= 15 is 0 Å². The molecule has 2 unspecified atom stereocenters. The molecule has 8 heteroatoms. The van der Waals surface area contributed by atoms with Gasteiger partial charge in [0.25, 0.3) is 0 Å². The minimum absolute atomic E-state index is 0.0300. The lowest BCUT2D eigenvalue weighted by atomic mass is 10.0. The Hall–Kier alpha value is -3.65. The summed E-state index contributed by atoms with van der Waals surface area (Å²) in [5.41, 5.74) is 1.81. The van der Waals surface area contributed by atoms with E-state index in [9.17, 15) is 24.3 Å². The van der Waals surface area contributed by atoms with Crippen molar-refractivity contribution in [3.63, 3.8) is 0 Å². The van der Waals surface area contributed by atoms with Gasteiger partial charge in [-0.25, -0.2) is 0 Å². The fourth-order valence-corrected chi connectivity index (χ4v) is 4.34. The van der Waals surface area contributed by atoms with E-state index in [0.717, 1.165) is 21.9 Å². The third-order valence-corrected chi connectivity index (χ3v) is 6.60. The van der Waals surface area contributed by atoms with Gasteiger partial charge < -0.3 is 15.2 Å². The second kappa shape index (κ2) is 12.7. The van der Waals surface area contributed by atoms with Gasteiger partial charge in [0.1, 0.15) is 6.04 Å². The van der Waals surface area contributed by atoms with E-state index in [4.69, 9.17) is 4.74 Å². The lowest BCUT2D eigenvalue weighted by molar-refractivity contribution is -0.148. The van der Waals surface area contributed by atoms with Gasteiger partial charge in [0, 0.05) is 5.75 Å². The molecule has 0 aliphatic carbocycles. The number of nitrogens with one attached hydrogen (secondary N) is 1. The van der Waals surface area contributed by atoms with Crippen molar-refractivity contribution in [2.45, 2.75) is 36.8 Å². The van der Waals surface area contributed by atoms with Gasteiger partial charge in [-0.15, -0.1) is 11.8 Å². The number of amides is 1. The van der Waals surface area contributed by atoms with Crippen LogP contribution in [0.2, 0.25) is 0 Å². The van der Waals surface area contributed by atoms with E-state index in [1.165, 1.54) is 11.8 Å². The Morgan fingerprint density at radius 3 is 2.37 bits per heavy atom. The minimum atomic E-state index is -1.29. The van der Waals surface area contributed by atoms with Crippen LogP contribution in [0.5, 0.6) is 0 Å². The first-order valence-corrected chi connectivity index (χ1v) is 12.2. The lowest BCUT2D eigenvalue weighted by Crippen LogP contribution is -2.46. The first-order valence-electron chi connectivity index (χ1n) is 11.2. The number of carbonyl (C=O) groups excluding carboxylic acids is 3.